The van der Waals surface area contributed by atoms with Crippen LogP contribution < -0.4 is 5.14 Å². The van der Waals surface area contributed by atoms with Crippen molar-refractivity contribution in [2.45, 2.75) is 11.1 Å². The average Bonchev–Trinajstić information content (AvgIpc) is 3.50. The molecular formula is C22H14F3N5O2S2. The molecule has 172 valence electrons. The number of nitrogens with two attached hydrogens (primary N) is 1. The SMILES string of the molecule is NS(=O)(=O)c1ccc2c(-c3ccc(C(F)(F)F)cc3-c3cn[nH]c3)cccc2c1-c1ncns1. The number of alkyl halides is 3. The summed E-state index contributed by atoms with van der Waals surface area (Å²) in [5.41, 5.74) is 1.42. The number of nitrogens with one attached hydrogen (secondary N) is 1. The summed E-state index contributed by atoms with van der Waals surface area (Å²) in [5, 5.41) is 13.5. The predicted molar refractivity (Wildman–Crippen MR) is 122 cm³/mol. The second-order valence-electron chi connectivity index (χ2n) is 7.38. The first-order chi connectivity index (χ1) is 16.1. The lowest BCUT2D eigenvalue weighted by Crippen LogP contribution is -2.13. The van der Waals surface area contributed by atoms with Gasteiger partial charge in [0.2, 0.25) is 10.0 Å². The van der Waals surface area contributed by atoms with E-state index in [1.807, 2.05) is 0 Å². The average molecular weight is 502 g/mol. The molecule has 12 heteroatoms. The van der Waals surface area contributed by atoms with Gasteiger partial charge in [-0.05, 0) is 57.2 Å². The normalized spacial score (nSPS) is 12.4. The number of H-pyrrole nitrogens is 1. The molecule has 0 spiro atoms. The summed E-state index contributed by atoms with van der Waals surface area (Å²) >= 11 is 1.01. The maximum atomic E-state index is 13.5. The summed E-state index contributed by atoms with van der Waals surface area (Å²) in [7, 11) is -4.09. The van der Waals surface area contributed by atoms with Gasteiger partial charge in [-0.3, -0.25) is 5.10 Å². The lowest BCUT2D eigenvalue weighted by Gasteiger charge is -2.16. The molecule has 34 heavy (non-hydrogen) atoms. The fraction of sp³-hybridized carbons (Fsp3) is 0.0455. The minimum Gasteiger partial charge on any atom is -0.285 e. The largest absolute Gasteiger partial charge is 0.416 e. The highest BCUT2D eigenvalue weighted by atomic mass is 32.2. The third-order valence-corrected chi connectivity index (χ3v) is 6.99. The Labute approximate surface area is 195 Å². The Morgan fingerprint density at radius 1 is 0.971 bits per heavy atom. The summed E-state index contributed by atoms with van der Waals surface area (Å²) in [6.07, 6.45) is -0.264. The van der Waals surface area contributed by atoms with Crippen molar-refractivity contribution >= 4 is 32.3 Å². The number of primary sulfonamides is 1. The molecule has 0 atom stereocenters. The van der Waals surface area contributed by atoms with Crippen LogP contribution >= 0.6 is 11.5 Å². The van der Waals surface area contributed by atoms with Gasteiger partial charge in [-0.15, -0.1) is 0 Å². The number of hydrogen-bond donors (Lipinski definition) is 2. The van der Waals surface area contributed by atoms with E-state index in [0.717, 1.165) is 23.7 Å². The van der Waals surface area contributed by atoms with E-state index in [1.165, 1.54) is 30.9 Å². The smallest absolute Gasteiger partial charge is 0.285 e. The number of aromatic nitrogens is 4. The Morgan fingerprint density at radius 2 is 1.79 bits per heavy atom. The summed E-state index contributed by atoms with van der Waals surface area (Å²) in [6.45, 7) is 0. The van der Waals surface area contributed by atoms with Crippen LogP contribution in [0, 0.1) is 0 Å². The Bertz CT molecular complexity index is 1610. The first-order valence-corrected chi connectivity index (χ1v) is 12.0. The van der Waals surface area contributed by atoms with Crippen LogP contribution in [0.15, 0.2) is 72.1 Å². The van der Waals surface area contributed by atoms with E-state index in [2.05, 4.69) is 19.6 Å². The van der Waals surface area contributed by atoms with Gasteiger partial charge in [-0.2, -0.15) is 22.6 Å². The molecule has 2 heterocycles. The van der Waals surface area contributed by atoms with E-state index in [9.17, 15) is 21.6 Å². The molecule has 5 aromatic rings. The fourth-order valence-corrected chi connectivity index (χ4v) is 5.32. The second-order valence-corrected chi connectivity index (χ2v) is 9.69. The highest BCUT2D eigenvalue weighted by molar-refractivity contribution is 7.89. The molecule has 0 saturated heterocycles. The van der Waals surface area contributed by atoms with E-state index in [-0.39, 0.29) is 4.90 Å². The minimum absolute atomic E-state index is 0.114. The number of fused-ring (bicyclic) bond motifs is 1. The molecule has 0 aliphatic rings. The van der Waals surface area contributed by atoms with Crippen molar-refractivity contribution in [3.05, 3.63) is 72.8 Å². The first-order valence-electron chi connectivity index (χ1n) is 9.71. The highest BCUT2D eigenvalue weighted by Gasteiger charge is 2.31. The van der Waals surface area contributed by atoms with Crippen molar-refractivity contribution in [1.82, 2.24) is 19.6 Å². The molecular weight excluding hydrogens is 487 g/mol. The van der Waals surface area contributed by atoms with E-state index < -0.39 is 21.8 Å². The molecule has 7 nitrogen and oxygen atoms in total. The number of sulfonamides is 1. The zero-order chi connectivity index (χ0) is 24.1. The van der Waals surface area contributed by atoms with Gasteiger partial charge in [0.15, 0.2) is 0 Å². The Morgan fingerprint density at radius 3 is 2.44 bits per heavy atom. The van der Waals surface area contributed by atoms with Crippen LogP contribution in [0.25, 0.3) is 43.6 Å². The van der Waals surface area contributed by atoms with Crippen molar-refractivity contribution in [2.75, 3.05) is 0 Å². The molecule has 0 bridgehead atoms. The molecule has 0 aliphatic carbocycles. The van der Waals surface area contributed by atoms with Gasteiger partial charge < -0.3 is 0 Å². The van der Waals surface area contributed by atoms with E-state index in [1.54, 1.807) is 24.3 Å². The van der Waals surface area contributed by atoms with Crippen LogP contribution in [0.4, 0.5) is 13.2 Å². The first kappa shape index (κ1) is 22.2. The fourth-order valence-electron chi connectivity index (χ4n) is 3.91. The van der Waals surface area contributed by atoms with Gasteiger partial charge in [-0.25, -0.2) is 18.5 Å². The lowest BCUT2D eigenvalue weighted by molar-refractivity contribution is -0.137. The Kier molecular flexibility index (Phi) is 5.23. The van der Waals surface area contributed by atoms with Gasteiger partial charge >= 0.3 is 6.18 Å². The van der Waals surface area contributed by atoms with Crippen LogP contribution in [-0.4, -0.2) is 28.0 Å². The summed E-state index contributed by atoms with van der Waals surface area (Å²) in [4.78, 5) is 4.05. The van der Waals surface area contributed by atoms with E-state index in [0.29, 0.717) is 43.6 Å². The van der Waals surface area contributed by atoms with Crippen LogP contribution in [-0.2, 0) is 16.2 Å². The molecule has 2 aromatic heterocycles. The number of nitrogens with zero attached hydrogens (tertiary/aromatic N) is 3. The van der Waals surface area contributed by atoms with Crippen LogP contribution in [0.2, 0.25) is 0 Å². The minimum atomic E-state index is -4.52. The topological polar surface area (TPSA) is 115 Å². The number of benzene rings is 3. The third kappa shape index (κ3) is 3.85. The molecule has 3 aromatic carbocycles. The third-order valence-electron chi connectivity index (χ3n) is 5.35. The lowest BCUT2D eigenvalue weighted by atomic mass is 9.90. The van der Waals surface area contributed by atoms with Crippen LogP contribution in [0.5, 0.6) is 0 Å². The number of halogens is 3. The second kappa shape index (κ2) is 8.01. The van der Waals surface area contributed by atoms with Crippen LogP contribution in [0.1, 0.15) is 5.56 Å². The summed E-state index contributed by atoms with van der Waals surface area (Å²) in [5.74, 6) is 0. The monoisotopic (exact) mass is 501 g/mol. The molecule has 5 rings (SSSR count). The van der Waals surface area contributed by atoms with Crippen molar-refractivity contribution in [3.8, 4) is 32.8 Å². The van der Waals surface area contributed by atoms with Crippen LogP contribution in [0.3, 0.4) is 0 Å². The van der Waals surface area contributed by atoms with Gasteiger partial charge in [0.05, 0.1) is 16.7 Å². The van der Waals surface area contributed by atoms with Gasteiger partial charge in [0, 0.05) is 17.3 Å². The Balaban J connectivity index is 1.84. The molecule has 0 fully saturated rings. The molecule has 0 unspecified atom stereocenters. The standard InChI is InChI=1S/C22H14F3N5O2S2/c23-22(24,25)13-4-5-16(18(8-13)12-9-28-29-10-12)14-2-1-3-17-15(14)6-7-19(34(26,31)32)20(17)21-27-11-30-33-21/h1-11H,(H,28,29)(H2,26,31,32). The molecule has 0 saturated carbocycles. The highest BCUT2D eigenvalue weighted by Crippen LogP contribution is 2.43. The van der Waals surface area contributed by atoms with E-state index >= 15 is 0 Å². The number of aromatic amines is 1. The van der Waals surface area contributed by atoms with Crippen molar-refractivity contribution in [1.29, 1.82) is 0 Å². The zero-order valence-corrected chi connectivity index (χ0v) is 18.7. The summed E-state index contributed by atoms with van der Waals surface area (Å²) < 4.78 is 69.0. The van der Waals surface area contributed by atoms with Gasteiger partial charge in [0.25, 0.3) is 0 Å². The van der Waals surface area contributed by atoms with Crippen molar-refractivity contribution in [3.63, 3.8) is 0 Å². The van der Waals surface area contributed by atoms with Crippen molar-refractivity contribution in [2.24, 2.45) is 5.14 Å². The zero-order valence-electron chi connectivity index (χ0n) is 17.0. The van der Waals surface area contributed by atoms with Gasteiger partial charge in [0.1, 0.15) is 11.3 Å². The van der Waals surface area contributed by atoms with Crippen molar-refractivity contribution < 1.29 is 21.6 Å². The maximum Gasteiger partial charge on any atom is 0.416 e. The predicted octanol–water partition coefficient (Wildman–Crippen LogP) is 5.08. The summed E-state index contributed by atoms with van der Waals surface area (Å²) in [6, 6.07) is 11.6. The molecule has 0 radical (unpaired) electrons. The maximum absolute atomic E-state index is 13.5. The molecule has 3 N–H and O–H groups in total. The van der Waals surface area contributed by atoms with Gasteiger partial charge in [-0.1, -0.05) is 30.3 Å². The number of hydrogen-bond acceptors (Lipinski definition) is 6. The number of rotatable bonds is 4. The quantitative estimate of drug-likeness (QED) is 0.356. The molecule has 0 amide bonds. The Hall–Kier alpha value is -3.61. The van der Waals surface area contributed by atoms with E-state index in [4.69, 9.17) is 5.14 Å². The molecule has 0 aliphatic heterocycles.